The van der Waals surface area contributed by atoms with Crippen LogP contribution in [0.25, 0.3) is 0 Å². The molecule has 112 valence electrons. The second-order valence-electron chi connectivity index (χ2n) is 5.20. The number of nitrogen functional groups attached to an aromatic ring is 1. The first-order valence-electron chi connectivity index (χ1n) is 6.96. The average Bonchev–Trinajstić information content (AvgIpc) is 2.47. The van der Waals surface area contributed by atoms with E-state index in [0.29, 0.717) is 23.1 Å². The van der Waals surface area contributed by atoms with Crippen molar-refractivity contribution in [2.45, 2.75) is 12.8 Å². The Balaban J connectivity index is 2.13. The van der Waals surface area contributed by atoms with E-state index in [-0.39, 0.29) is 0 Å². The van der Waals surface area contributed by atoms with E-state index in [1.807, 2.05) is 12.1 Å². The molecular weight excluding hydrogens is 256 g/mol. The summed E-state index contributed by atoms with van der Waals surface area (Å²) in [5, 5.41) is 0. The molecule has 1 aromatic carbocycles. The third-order valence-electron chi connectivity index (χ3n) is 3.82. The van der Waals surface area contributed by atoms with Gasteiger partial charge < -0.3 is 24.8 Å². The molecule has 0 radical (unpaired) electrons. The highest BCUT2D eigenvalue weighted by molar-refractivity contribution is 5.73. The van der Waals surface area contributed by atoms with E-state index in [4.69, 9.17) is 19.9 Å². The molecule has 1 aliphatic rings. The smallest absolute Gasteiger partial charge is 0.162 e. The van der Waals surface area contributed by atoms with E-state index in [2.05, 4.69) is 11.9 Å². The van der Waals surface area contributed by atoms with Gasteiger partial charge in [-0.15, -0.1) is 0 Å². The summed E-state index contributed by atoms with van der Waals surface area (Å²) in [5.74, 6) is 2.02. The molecule has 1 fully saturated rings. The van der Waals surface area contributed by atoms with Gasteiger partial charge in [0.25, 0.3) is 0 Å². The first kappa shape index (κ1) is 14.8. The predicted molar refractivity (Wildman–Crippen MR) is 80.8 cm³/mol. The SMILES string of the molecule is COc1cc(N)c(N(C)CC2CCOCC2)cc1OC. The van der Waals surface area contributed by atoms with Gasteiger partial charge in [-0.25, -0.2) is 0 Å². The number of ether oxygens (including phenoxy) is 3. The molecule has 1 saturated heterocycles. The molecule has 1 aliphatic heterocycles. The van der Waals surface area contributed by atoms with Gasteiger partial charge in [0.05, 0.1) is 25.6 Å². The van der Waals surface area contributed by atoms with Crippen molar-refractivity contribution < 1.29 is 14.2 Å². The van der Waals surface area contributed by atoms with E-state index in [1.54, 1.807) is 14.2 Å². The fourth-order valence-electron chi connectivity index (χ4n) is 2.63. The fraction of sp³-hybridized carbons (Fsp3) is 0.600. The summed E-state index contributed by atoms with van der Waals surface area (Å²) in [6, 6.07) is 3.75. The lowest BCUT2D eigenvalue weighted by Gasteiger charge is -2.29. The first-order chi connectivity index (χ1) is 9.65. The minimum absolute atomic E-state index is 0.654. The maximum Gasteiger partial charge on any atom is 0.162 e. The molecule has 20 heavy (non-hydrogen) atoms. The van der Waals surface area contributed by atoms with Crippen molar-refractivity contribution in [2.75, 3.05) is 51.7 Å². The molecule has 2 N–H and O–H groups in total. The third-order valence-corrected chi connectivity index (χ3v) is 3.82. The molecule has 5 nitrogen and oxygen atoms in total. The molecule has 0 bridgehead atoms. The Labute approximate surface area is 120 Å². The van der Waals surface area contributed by atoms with E-state index in [1.165, 1.54) is 0 Å². The Morgan fingerprint density at radius 3 is 2.40 bits per heavy atom. The summed E-state index contributed by atoms with van der Waals surface area (Å²) in [6.07, 6.45) is 2.22. The Kier molecular flexibility index (Phi) is 4.95. The van der Waals surface area contributed by atoms with Gasteiger partial charge in [0.2, 0.25) is 0 Å². The monoisotopic (exact) mass is 280 g/mol. The first-order valence-corrected chi connectivity index (χ1v) is 6.96. The molecular formula is C15H24N2O3. The van der Waals surface area contributed by atoms with Crippen LogP contribution >= 0.6 is 0 Å². The van der Waals surface area contributed by atoms with Crippen LogP contribution < -0.4 is 20.1 Å². The second kappa shape index (κ2) is 6.70. The number of hydrogen-bond acceptors (Lipinski definition) is 5. The lowest BCUT2D eigenvalue weighted by atomic mass is 9.99. The van der Waals surface area contributed by atoms with Crippen molar-refractivity contribution in [1.29, 1.82) is 0 Å². The summed E-state index contributed by atoms with van der Waals surface area (Å²) in [7, 11) is 5.31. The lowest BCUT2D eigenvalue weighted by molar-refractivity contribution is 0.0685. The van der Waals surface area contributed by atoms with Gasteiger partial charge in [0.1, 0.15) is 0 Å². The number of anilines is 2. The zero-order chi connectivity index (χ0) is 14.5. The molecule has 1 heterocycles. The van der Waals surface area contributed by atoms with E-state index >= 15 is 0 Å². The van der Waals surface area contributed by atoms with Gasteiger partial charge in [-0.05, 0) is 18.8 Å². The summed E-state index contributed by atoms with van der Waals surface area (Å²) < 4.78 is 16.0. The highest BCUT2D eigenvalue weighted by Gasteiger charge is 2.18. The van der Waals surface area contributed by atoms with Crippen LogP contribution in [0.4, 0.5) is 11.4 Å². The maximum atomic E-state index is 6.12. The maximum absolute atomic E-state index is 6.12. The standard InChI is InChI=1S/C15H24N2O3/c1-17(10-11-4-6-20-7-5-11)13-9-15(19-3)14(18-2)8-12(13)16/h8-9,11H,4-7,10,16H2,1-3H3. The Bertz CT molecular complexity index is 445. The van der Waals surface area contributed by atoms with Crippen LogP contribution in [0.1, 0.15) is 12.8 Å². The van der Waals surface area contributed by atoms with E-state index < -0.39 is 0 Å². The molecule has 0 aliphatic carbocycles. The van der Waals surface area contributed by atoms with Crippen LogP contribution in [0, 0.1) is 5.92 Å². The molecule has 0 atom stereocenters. The van der Waals surface area contributed by atoms with Gasteiger partial charge in [0.15, 0.2) is 11.5 Å². The highest BCUT2D eigenvalue weighted by Crippen LogP contribution is 2.36. The van der Waals surface area contributed by atoms with Crippen molar-refractivity contribution >= 4 is 11.4 Å². The summed E-state index contributed by atoms with van der Waals surface area (Å²) in [4.78, 5) is 2.19. The van der Waals surface area contributed by atoms with E-state index in [9.17, 15) is 0 Å². The largest absolute Gasteiger partial charge is 0.493 e. The minimum atomic E-state index is 0.654. The normalized spacial score (nSPS) is 15.9. The minimum Gasteiger partial charge on any atom is -0.493 e. The zero-order valence-electron chi connectivity index (χ0n) is 12.5. The van der Waals surface area contributed by atoms with Gasteiger partial charge in [-0.1, -0.05) is 0 Å². The number of nitrogens with two attached hydrogens (primary N) is 1. The average molecular weight is 280 g/mol. The number of rotatable bonds is 5. The summed E-state index contributed by atoms with van der Waals surface area (Å²) >= 11 is 0. The van der Waals surface area contributed by atoms with Crippen LogP contribution in [-0.2, 0) is 4.74 Å². The number of benzene rings is 1. The van der Waals surface area contributed by atoms with Gasteiger partial charge in [-0.3, -0.25) is 0 Å². The van der Waals surface area contributed by atoms with Crippen LogP contribution in [0.3, 0.4) is 0 Å². The molecule has 1 aromatic rings. The highest BCUT2D eigenvalue weighted by atomic mass is 16.5. The molecule has 0 spiro atoms. The number of hydrogen-bond donors (Lipinski definition) is 1. The second-order valence-corrected chi connectivity index (χ2v) is 5.20. The molecule has 2 rings (SSSR count). The van der Waals surface area contributed by atoms with Crippen LogP contribution in [0.15, 0.2) is 12.1 Å². The summed E-state index contributed by atoms with van der Waals surface area (Å²) in [5.41, 5.74) is 7.81. The predicted octanol–water partition coefficient (Wildman–Crippen LogP) is 2.15. The molecule has 0 saturated carbocycles. The third kappa shape index (κ3) is 3.28. The van der Waals surface area contributed by atoms with Crippen molar-refractivity contribution in [3.05, 3.63) is 12.1 Å². The number of methoxy groups -OCH3 is 2. The van der Waals surface area contributed by atoms with Gasteiger partial charge >= 0.3 is 0 Å². The molecule has 0 amide bonds. The van der Waals surface area contributed by atoms with Crippen molar-refractivity contribution in [1.82, 2.24) is 0 Å². The van der Waals surface area contributed by atoms with E-state index in [0.717, 1.165) is 38.3 Å². The van der Waals surface area contributed by atoms with Crippen molar-refractivity contribution in [3.8, 4) is 11.5 Å². The quantitative estimate of drug-likeness (QED) is 0.838. The van der Waals surface area contributed by atoms with Gasteiger partial charge in [-0.2, -0.15) is 0 Å². The lowest BCUT2D eigenvalue weighted by Crippen LogP contribution is -2.30. The van der Waals surface area contributed by atoms with Crippen LogP contribution in [0.5, 0.6) is 11.5 Å². The fourth-order valence-corrected chi connectivity index (χ4v) is 2.63. The molecule has 0 aromatic heterocycles. The molecule has 0 unspecified atom stereocenters. The zero-order valence-corrected chi connectivity index (χ0v) is 12.5. The van der Waals surface area contributed by atoms with Crippen LogP contribution in [-0.4, -0.2) is 41.0 Å². The van der Waals surface area contributed by atoms with Crippen molar-refractivity contribution in [2.24, 2.45) is 5.92 Å². The van der Waals surface area contributed by atoms with Gasteiger partial charge in [0, 0.05) is 38.9 Å². The van der Waals surface area contributed by atoms with Crippen molar-refractivity contribution in [3.63, 3.8) is 0 Å². The Morgan fingerprint density at radius 1 is 1.20 bits per heavy atom. The summed E-state index contributed by atoms with van der Waals surface area (Å²) in [6.45, 7) is 2.70. The van der Waals surface area contributed by atoms with Crippen LogP contribution in [0.2, 0.25) is 0 Å². The number of nitrogens with zero attached hydrogens (tertiary/aromatic N) is 1. The Morgan fingerprint density at radius 2 is 1.80 bits per heavy atom. The Hall–Kier alpha value is -1.62. The topological polar surface area (TPSA) is 57.0 Å². The molecule has 5 heteroatoms.